The predicted molar refractivity (Wildman–Crippen MR) is 65.5 cm³/mol. The third-order valence-corrected chi connectivity index (χ3v) is 3.07. The van der Waals surface area contributed by atoms with Gasteiger partial charge in [-0.25, -0.2) is 4.98 Å². The molecule has 0 aromatic carbocycles. The monoisotopic (exact) mass is 246 g/mol. The normalized spacial score (nSPS) is 14.8. The number of nitrogens with one attached hydrogen (secondary N) is 1. The summed E-state index contributed by atoms with van der Waals surface area (Å²) in [6.07, 6.45) is 5.31. The largest absolute Gasteiger partial charge is 0.495 e. The molecule has 0 spiro atoms. The van der Waals surface area contributed by atoms with Crippen LogP contribution in [0.25, 0.3) is 11.0 Å². The van der Waals surface area contributed by atoms with E-state index in [0.29, 0.717) is 23.0 Å². The van der Waals surface area contributed by atoms with Crippen LogP contribution in [0.2, 0.25) is 0 Å². The van der Waals surface area contributed by atoms with Crippen molar-refractivity contribution >= 4 is 16.9 Å². The first-order chi connectivity index (χ1) is 8.70. The van der Waals surface area contributed by atoms with Gasteiger partial charge >= 0.3 is 0 Å². The zero-order valence-corrected chi connectivity index (χ0v) is 10.3. The molecule has 1 amide bonds. The number of carbonyl (C=O) groups is 1. The molecule has 6 heteroatoms. The van der Waals surface area contributed by atoms with E-state index in [4.69, 9.17) is 4.74 Å². The number of methoxy groups -OCH3 is 1. The third-order valence-electron chi connectivity index (χ3n) is 3.07. The maximum Gasteiger partial charge on any atom is 0.256 e. The fourth-order valence-corrected chi connectivity index (χ4v) is 1.95. The number of ether oxygens (including phenoxy) is 1. The summed E-state index contributed by atoms with van der Waals surface area (Å²) in [5.41, 5.74) is 1.17. The van der Waals surface area contributed by atoms with E-state index in [-0.39, 0.29) is 5.91 Å². The lowest BCUT2D eigenvalue weighted by Crippen LogP contribution is -2.26. The number of hydrogen-bond acceptors (Lipinski definition) is 4. The molecule has 0 bridgehead atoms. The van der Waals surface area contributed by atoms with Crippen LogP contribution >= 0.6 is 0 Å². The minimum Gasteiger partial charge on any atom is -0.495 e. The van der Waals surface area contributed by atoms with Gasteiger partial charge in [-0.1, -0.05) is 0 Å². The highest BCUT2D eigenvalue weighted by atomic mass is 16.5. The quantitative estimate of drug-likeness (QED) is 0.872. The Morgan fingerprint density at radius 1 is 1.50 bits per heavy atom. The van der Waals surface area contributed by atoms with Crippen LogP contribution < -0.4 is 10.1 Å². The zero-order chi connectivity index (χ0) is 12.7. The average Bonchev–Trinajstić information content (AvgIpc) is 3.11. The number of aryl methyl sites for hydroxylation is 1. The average molecular weight is 246 g/mol. The van der Waals surface area contributed by atoms with Crippen LogP contribution in [0.3, 0.4) is 0 Å². The molecule has 0 atom stereocenters. The fraction of sp³-hybridized carbons (Fsp3) is 0.417. The molecule has 1 fully saturated rings. The lowest BCUT2D eigenvalue weighted by molar-refractivity contribution is 0.0948. The highest BCUT2D eigenvalue weighted by Gasteiger charge is 2.26. The smallest absolute Gasteiger partial charge is 0.256 e. The predicted octanol–water partition coefficient (Wildman–Crippen LogP) is 0.869. The number of pyridine rings is 1. The number of aromatic nitrogens is 3. The lowest BCUT2D eigenvalue weighted by Gasteiger charge is -2.09. The molecule has 2 aromatic heterocycles. The number of carbonyl (C=O) groups excluding carboxylic acids is 1. The van der Waals surface area contributed by atoms with E-state index >= 15 is 0 Å². The van der Waals surface area contributed by atoms with Gasteiger partial charge in [0, 0.05) is 19.3 Å². The van der Waals surface area contributed by atoms with Gasteiger partial charge in [-0.3, -0.25) is 9.48 Å². The molecule has 1 aliphatic carbocycles. The van der Waals surface area contributed by atoms with Crippen molar-refractivity contribution in [2.75, 3.05) is 7.11 Å². The van der Waals surface area contributed by atoms with Crippen molar-refractivity contribution in [1.82, 2.24) is 20.1 Å². The molecule has 18 heavy (non-hydrogen) atoms. The SMILES string of the molecule is COc1c(C(=O)NC2CC2)cnc2c1cnn2C. The van der Waals surface area contributed by atoms with E-state index in [9.17, 15) is 4.79 Å². The summed E-state index contributed by atoms with van der Waals surface area (Å²) >= 11 is 0. The Kier molecular flexibility index (Phi) is 2.43. The highest BCUT2D eigenvalue weighted by molar-refractivity contribution is 6.02. The van der Waals surface area contributed by atoms with Gasteiger partial charge in [0.1, 0.15) is 11.3 Å². The molecule has 0 aliphatic heterocycles. The van der Waals surface area contributed by atoms with Gasteiger partial charge in [-0.05, 0) is 12.8 Å². The third kappa shape index (κ3) is 1.70. The Balaban J connectivity index is 2.07. The van der Waals surface area contributed by atoms with Gasteiger partial charge in [0.25, 0.3) is 5.91 Å². The molecule has 0 unspecified atom stereocenters. The first kappa shape index (κ1) is 11.0. The maximum atomic E-state index is 12.1. The van der Waals surface area contributed by atoms with Crippen LogP contribution in [0.5, 0.6) is 5.75 Å². The van der Waals surface area contributed by atoms with E-state index in [0.717, 1.165) is 18.2 Å². The van der Waals surface area contributed by atoms with Gasteiger partial charge in [0.05, 0.1) is 18.7 Å². The summed E-state index contributed by atoms with van der Waals surface area (Å²) in [5.74, 6) is 0.402. The maximum absolute atomic E-state index is 12.1. The van der Waals surface area contributed by atoms with Crippen LogP contribution in [0.1, 0.15) is 23.2 Å². The Morgan fingerprint density at radius 3 is 2.94 bits per heavy atom. The standard InChI is InChI=1S/C12H14N4O2/c1-16-11-8(6-14-16)10(18-2)9(5-13-11)12(17)15-7-3-4-7/h5-7H,3-4H2,1-2H3,(H,15,17). The van der Waals surface area contributed by atoms with E-state index < -0.39 is 0 Å². The summed E-state index contributed by atoms with van der Waals surface area (Å²) in [6.45, 7) is 0. The second-order valence-electron chi connectivity index (χ2n) is 4.46. The molecule has 1 aliphatic rings. The van der Waals surface area contributed by atoms with Gasteiger partial charge in [0.15, 0.2) is 5.65 Å². The summed E-state index contributed by atoms with van der Waals surface area (Å²) < 4.78 is 6.99. The number of hydrogen-bond donors (Lipinski definition) is 1. The fourth-order valence-electron chi connectivity index (χ4n) is 1.95. The van der Waals surface area contributed by atoms with E-state index in [1.165, 1.54) is 0 Å². The summed E-state index contributed by atoms with van der Waals surface area (Å²) in [7, 11) is 3.36. The van der Waals surface area contributed by atoms with Crippen molar-refractivity contribution in [2.24, 2.45) is 7.05 Å². The van der Waals surface area contributed by atoms with Crippen LogP contribution in [0, 0.1) is 0 Å². The van der Waals surface area contributed by atoms with Crippen molar-refractivity contribution < 1.29 is 9.53 Å². The lowest BCUT2D eigenvalue weighted by atomic mass is 10.2. The number of rotatable bonds is 3. The Hall–Kier alpha value is -2.11. The molecule has 2 aromatic rings. The number of nitrogens with zero attached hydrogens (tertiary/aromatic N) is 3. The summed E-state index contributed by atoms with van der Waals surface area (Å²) in [5, 5.41) is 7.80. The van der Waals surface area contributed by atoms with E-state index in [1.54, 1.807) is 31.2 Å². The highest BCUT2D eigenvalue weighted by Crippen LogP contribution is 2.28. The molecule has 0 saturated heterocycles. The van der Waals surface area contributed by atoms with Crippen LogP contribution in [-0.4, -0.2) is 33.8 Å². The summed E-state index contributed by atoms with van der Waals surface area (Å²) in [4.78, 5) is 16.3. The Labute approximate surface area is 104 Å². The molecule has 0 radical (unpaired) electrons. The second-order valence-corrected chi connectivity index (χ2v) is 4.46. The van der Waals surface area contributed by atoms with Gasteiger partial charge in [-0.15, -0.1) is 0 Å². The van der Waals surface area contributed by atoms with Crippen LogP contribution in [0.15, 0.2) is 12.4 Å². The molecule has 94 valence electrons. The van der Waals surface area contributed by atoms with Crippen molar-refractivity contribution in [3.8, 4) is 5.75 Å². The molecule has 2 heterocycles. The molecular weight excluding hydrogens is 232 g/mol. The van der Waals surface area contributed by atoms with E-state index in [2.05, 4.69) is 15.4 Å². The first-order valence-electron chi connectivity index (χ1n) is 5.86. The molecule has 3 rings (SSSR count). The number of amides is 1. The van der Waals surface area contributed by atoms with Gasteiger partial charge in [-0.2, -0.15) is 5.10 Å². The Morgan fingerprint density at radius 2 is 2.28 bits per heavy atom. The van der Waals surface area contributed by atoms with Crippen molar-refractivity contribution in [2.45, 2.75) is 18.9 Å². The minimum atomic E-state index is -0.132. The molecule has 6 nitrogen and oxygen atoms in total. The van der Waals surface area contributed by atoms with Gasteiger partial charge in [0.2, 0.25) is 0 Å². The second kappa shape index (κ2) is 3.97. The molecular formula is C12H14N4O2. The van der Waals surface area contributed by atoms with Gasteiger partial charge < -0.3 is 10.1 Å². The molecule has 1 N–H and O–H groups in total. The Bertz CT molecular complexity index is 616. The summed E-state index contributed by atoms with van der Waals surface area (Å²) in [6, 6.07) is 0.312. The van der Waals surface area contributed by atoms with Crippen LogP contribution in [0.4, 0.5) is 0 Å². The number of fused-ring (bicyclic) bond motifs is 1. The van der Waals surface area contributed by atoms with Crippen molar-refractivity contribution in [3.63, 3.8) is 0 Å². The minimum absolute atomic E-state index is 0.132. The first-order valence-corrected chi connectivity index (χ1v) is 5.86. The zero-order valence-electron chi connectivity index (χ0n) is 10.3. The topological polar surface area (TPSA) is 69.0 Å². The van der Waals surface area contributed by atoms with Crippen LogP contribution in [-0.2, 0) is 7.05 Å². The molecule has 1 saturated carbocycles. The van der Waals surface area contributed by atoms with E-state index in [1.807, 2.05) is 0 Å². The van der Waals surface area contributed by atoms with Crippen molar-refractivity contribution in [1.29, 1.82) is 0 Å². The van der Waals surface area contributed by atoms with Crippen molar-refractivity contribution in [3.05, 3.63) is 18.0 Å².